The fourth-order valence-electron chi connectivity index (χ4n) is 1.79. The van der Waals surface area contributed by atoms with Crippen molar-refractivity contribution in [2.75, 3.05) is 12.4 Å². The summed E-state index contributed by atoms with van der Waals surface area (Å²) < 4.78 is 11.2. The van der Waals surface area contributed by atoms with Gasteiger partial charge in [0.05, 0.1) is 18.1 Å². The van der Waals surface area contributed by atoms with Crippen LogP contribution < -0.4 is 0 Å². The van der Waals surface area contributed by atoms with E-state index in [0.29, 0.717) is 6.10 Å². The van der Waals surface area contributed by atoms with Gasteiger partial charge in [0.25, 0.3) is 0 Å². The van der Waals surface area contributed by atoms with Crippen LogP contribution in [0.3, 0.4) is 0 Å². The molecule has 0 saturated carbocycles. The smallest absolute Gasteiger partial charge is 0.204 e. The highest BCUT2D eigenvalue weighted by Crippen LogP contribution is 2.20. The molecule has 1 fully saturated rings. The lowest BCUT2D eigenvalue weighted by molar-refractivity contribution is 0.0315. The lowest BCUT2D eigenvalue weighted by Gasteiger charge is -2.21. The van der Waals surface area contributed by atoms with Gasteiger partial charge in [-0.1, -0.05) is 6.92 Å². The summed E-state index contributed by atoms with van der Waals surface area (Å²) in [6.07, 6.45) is 6.93. The molecule has 0 aromatic carbocycles. The monoisotopic (exact) mass is 241 g/mol. The van der Waals surface area contributed by atoms with Crippen molar-refractivity contribution in [3.63, 3.8) is 0 Å². The first-order valence-corrected chi connectivity index (χ1v) is 7.17. The Morgan fingerprint density at radius 1 is 1.50 bits per heavy atom. The number of ether oxygens (including phenoxy) is 1. The Kier molecular flexibility index (Phi) is 4.72. The summed E-state index contributed by atoms with van der Waals surface area (Å²) in [5, 5.41) is 0. The Hall–Kier alpha value is -0.480. The third kappa shape index (κ3) is 3.52. The molecule has 2 rings (SSSR count). The molecule has 0 unspecified atom stereocenters. The second-order valence-electron chi connectivity index (χ2n) is 4.08. The predicted octanol–water partition coefficient (Wildman–Crippen LogP) is 3.04. The fourth-order valence-corrected chi connectivity index (χ4v) is 2.75. The van der Waals surface area contributed by atoms with Crippen LogP contribution in [0.4, 0.5) is 0 Å². The first-order chi connectivity index (χ1) is 7.88. The maximum absolute atomic E-state index is 5.67. The molecular formula is C12H19NO2S. The lowest BCUT2D eigenvalue weighted by atomic mass is 10.1. The van der Waals surface area contributed by atoms with E-state index in [0.717, 1.165) is 36.2 Å². The van der Waals surface area contributed by atoms with Crippen molar-refractivity contribution >= 4 is 11.8 Å². The second kappa shape index (κ2) is 6.30. The summed E-state index contributed by atoms with van der Waals surface area (Å²) >= 11 is 1.86. The Morgan fingerprint density at radius 2 is 2.44 bits per heavy atom. The maximum Gasteiger partial charge on any atom is 0.204 e. The molecule has 1 saturated heterocycles. The summed E-state index contributed by atoms with van der Waals surface area (Å²) in [7, 11) is 0. The number of aryl methyl sites for hydroxylation is 1. The van der Waals surface area contributed by atoms with Gasteiger partial charge in [-0.2, -0.15) is 0 Å². The van der Waals surface area contributed by atoms with Crippen molar-refractivity contribution in [3.05, 3.63) is 17.8 Å². The van der Waals surface area contributed by atoms with Gasteiger partial charge in [-0.15, -0.1) is 11.8 Å². The van der Waals surface area contributed by atoms with E-state index in [2.05, 4.69) is 11.9 Å². The van der Waals surface area contributed by atoms with Gasteiger partial charge in [-0.3, -0.25) is 0 Å². The lowest BCUT2D eigenvalue weighted by Crippen LogP contribution is -2.21. The van der Waals surface area contributed by atoms with E-state index >= 15 is 0 Å². The first-order valence-electron chi connectivity index (χ1n) is 6.01. The molecule has 3 nitrogen and oxygen atoms in total. The molecule has 0 aliphatic carbocycles. The highest BCUT2D eigenvalue weighted by molar-refractivity contribution is 7.98. The molecule has 0 radical (unpaired) electrons. The van der Waals surface area contributed by atoms with Crippen molar-refractivity contribution in [2.45, 2.75) is 44.5 Å². The number of aromatic nitrogens is 1. The molecular weight excluding hydrogens is 222 g/mol. The molecule has 1 aliphatic rings. The van der Waals surface area contributed by atoms with E-state index in [1.54, 1.807) is 0 Å². The van der Waals surface area contributed by atoms with Gasteiger partial charge in [0, 0.05) is 18.8 Å². The maximum atomic E-state index is 5.67. The molecule has 0 spiro atoms. The van der Waals surface area contributed by atoms with Crippen LogP contribution in [-0.2, 0) is 16.9 Å². The van der Waals surface area contributed by atoms with E-state index in [9.17, 15) is 0 Å². The van der Waals surface area contributed by atoms with Gasteiger partial charge in [0.2, 0.25) is 5.89 Å². The molecule has 1 aromatic heterocycles. The van der Waals surface area contributed by atoms with Gasteiger partial charge >= 0.3 is 0 Å². The molecule has 1 atom stereocenters. The number of nitrogens with zero attached hydrogens (tertiary/aromatic N) is 1. The minimum absolute atomic E-state index is 0.444. The zero-order valence-corrected chi connectivity index (χ0v) is 10.6. The van der Waals surface area contributed by atoms with Gasteiger partial charge in [-0.25, -0.2) is 4.98 Å². The van der Waals surface area contributed by atoms with E-state index in [1.165, 1.54) is 19.3 Å². The summed E-state index contributed by atoms with van der Waals surface area (Å²) in [4.78, 5) is 4.24. The molecule has 2 heterocycles. The highest BCUT2D eigenvalue weighted by atomic mass is 32.2. The van der Waals surface area contributed by atoms with Gasteiger partial charge < -0.3 is 9.15 Å². The first kappa shape index (κ1) is 12.0. The van der Waals surface area contributed by atoms with Crippen LogP contribution in [0.2, 0.25) is 0 Å². The zero-order chi connectivity index (χ0) is 11.2. The van der Waals surface area contributed by atoms with Crippen molar-refractivity contribution in [3.8, 4) is 0 Å². The van der Waals surface area contributed by atoms with Crippen molar-refractivity contribution in [2.24, 2.45) is 0 Å². The normalized spacial score (nSPS) is 21.2. The summed E-state index contributed by atoms with van der Waals surface area (Å²) in [6, 6.07) is 0. The van der Waals surface area contributed by atoms with Crippen LogP contribution in [0, 0.1) is 0 Å². The van der Waals surface area contributed by atoms with Crippen molar-refractivity contribution < 1.29 is 9.15 Å². The average Bonchev–Trinajstić information content (AvgIpc) is 2.78. The van der Waals surface area contributed by atoms with Gasteiger partial charge in [0.1, 0.15) is 5.76 Å². The van der Waals surface area contributed by atoms with E-state index < -0.39 is 0 Å². The Bertz CT molecular complexity index is 308. The third-order valence-corrected chi connectivity index (χ3v) is 3.81. The largest absolute Gasteiger partial charge is 0.445 e. The van der Waals surface area contributed by atoms with Crippen LogP contribution in [0.15, 0.2) is 10.6 Å². The SMILES string of the molecule is CCc1cnc(CSC[C@@H]2CCCCO2)o1. The number of oxazole rings is 1. The van der Waals surface area contributed by atoms with E-state index in [4.69, 9.17) is 9.15 Å². The number of hydrogen-bond acceptors (Lipinski definition) is 4. The zero-order valence-electron chi connectivity index (χ0n) is 9.78. The summed E-state index contributed by atoms with van der Waals surface area (Å²) in [6.45, 7) is 3.01. The van der Waals surface area contributed by atoms with Crippen LogP contribution in [0.1, 0.15) is 37.8 Å². The van der Waals surface area contributed by atoms with Gasteiger partial charge in [0.15, 0.2) is 0 Å². The van der Waals surface area contributed by atoms with Gasteiger partial charge in [-0.05, 0) is 19.3 Å². The van der Waals surface area contributed by atoms with Crippen LogP contribution in [-0.4, -0.2) is 23.4 Å². The Morgan fingerprint density at radius 3 is 3.12 bits per heavy atom. The van der Waals surface area contributed by atoms with Crippen LogP contribution in [0.5, 0.6) is 0 Å². The van der Waals surface area contributed by atoms with E-state index in [-0.39, 0.29) is 0 Å². The number of hydrogen-bond donors (Lipinski definition) is 0. The second-order valence-corrected chi connectivity index (χ2v) is 5.11. The molecule has 4 heteroatoms. The standard InChI is InChI=1S/C12H19NO2S/c1-2-10-7-13-12(15-10)9-16-8-11-5-3-4-6-14-11/h7,11H,2-6,8-9H2,1H3/t11-/m0/s1. The molecule has 16 heavy (non-hydrogen) atoms. The minimum atomic E-state index is 0.444. The predicted molar refractivity (Wildman–Crippen MR) is 65.6 cm³/mol. The highest BCUT2D eigenvalue weighted by Gasteiger charge is 2.14. The summed E-state index contributed by atoms with van der Waals surface area (Å²) in [5.41, 5.74) is 0. The number of thioether (sulfide) groups is 1. The Balaban J connectivity index is 1.66. The molecule has 1 aromatic rings. The molecule has 0 amide bonds. The van der Waals surface area contributed by atoms with Crippen molar-refractivity contribution in [1.29, 1.82) is 0 Å². The Labute approximate surface area is 101 Å². The fraction of sp³-hybridized carbons (Fsp3) is 0.750. The average molecular weight is 241 g/mol. The molecule has 1 aliphatic heterocycles. The van der Waals surface area contributed by atoms with E-state index in [1.807, 2.05) is 18.0 Å². The minimum Gasteiger partial charge on any atom is -0.445 e. The van der Waals surface area contributed by atoms with Crippen molar-refractivity contribution in [1.82, 2.24) is 4.98 Å². The number of rotatable bonds is 5. The third-order valence-electron chi connectivity index (χ3n) is 2.75. The summed E-state index contributed by atoms with van der Waals surface area (Å²) in [5.74, 6) is 3.74. The quantitative estimate of drug-likeness (QED) is 0.793. The molecule has 0 N–H and O–H groups in total. The van der Waals surface area contributed by atoms with Crippen LogP contribution in [0.25, 0.3) is 0 Å². The van der Waals surface area contributed by atoms with Crippen LogP contribution >= 0.6 is 11.8 Å². The molecule has 90 valence electrons. The molecule has 0 bridgehead atoms. The topological polar surface area (TPSA) is 35.3 Å².